The number of aromatic amines is 1. The minimum Gasteiger partial charge on any atom is -0.348 e. The molecule has 0 aromatic carbocycles. The fourth-order valence-corrected chi connectivity index (χ4v) is 1.76. The number of H-pyrrole nitrogens is 1. The quantitative estimate of drug-likeness (QED) is 0.780. The third kappa shape index (κ3) is 2.46. The largest absolute Gasteiger partial charge is 0.348 e. The fourth-order valence-electron chi connectivity index (χ4n) is 1.76. The fraction of sp³-hybridized carbons (Fsp3) is 0.308. The Kier molecular flexibility index (Phi) is 2.86. The van der Waals surface area contributed by atoms with Crippen LogP contribution in [0.25, 0.3) is 0 Å². The first-order chi connectivity index (χ1) is 7.25. The van der Waals surface area contributed by atoms with Gasteiger partial charge in [0.1, 0.15) is 0 Å². The average molecular weight is 200 g/mol. The molecule has 0 aliphatic heterocycles. The van der Waals surface area contributed by atoms with Gasteiger partial charge in [-0.3, -0.25) is 0 Å². The summed E-state index contributed by atoms with van der Waals surface area (Å²) in [5.74, 6) is 0. The van der Waals surface area contributed by atoms with Gasteiger partial charge in [-0.15, -0.1) is 0 Å². The molecule has 0 amide bonds. The number of imidazole rings is 1. The van der Waals surface area contributed by atoms with E-state index in [4.69, 9.17) is 0 Å². The van der Waals surface area contributed by atoms with Gasteiger partial charge in [-0.2, -0.15) is 0 Å². The monoisotopic (exact) mass is 200 g/mol. The molecule has 0 radical (unpaired) electrons. The highest BCUT2D eigenvalue weighted by Gasteiger charge is 2.05. The summed E-state index contributed by atoms with van der Waals surface area (Å²) in [5.41, 5.74) is 5.45. The Morgan fingerprint density at radius 1 is 1.40 bits per heavy atom. The summed E-state index contributed by atoms with van der Waals surface area (Å²) in [7, 11) is 0. The Morgan fingerprint density at radius 3 is 3.00 bits per heavy atom. The molecule has 2 nitrogen and oxygen atoms in total. The number of rotatable bonds is 2. The molecule has 0 spiro atoms. The van der Waals surface area contributed by atoms with Crippen LogP contribution in [0.5, 0.6) is 0 Å². The van der Waals surface area contributed by atoms with E-state index in [-0.39, 0.29) is 0 Å². The summed E-state index contributed by atoms with van der Waals surface area (Å²) in [5, 5.41) is 0. The third-order valence-electron chi connectivity index (χ3n) is 2.82. The molecule has 0 saturated carbocycles. The van der Waals surface area contributed by atoms with Crippen molar-refractivity contribution in [3.63, 3.8) is 0 Å². The molecule has 2 heteroatoms. The van der Waals surface area contributed by atoms with Crippen LogP contribution in [0.1, 0.15) is 26.0 Å². The van der Waals surface area contributed by atoms with Crippen molar-refractivity contribution >= 4 is 0 Å². The van der Waals surface area contributed by atoms with Crippen LogP contribution in [-0.2, 0) is 6.42 Å². The van der Waals surface area contributed by atoms with Crippen molar-refractivity contribution in [3.05, 3.63) is 53.2 Å². The first-order valence-electron chi connectivity index (χ1n) is 5.25. The van der Waals surface area contributed by atoms with E-state index < -0.39 is 0 Å². The molecule has 0 fully saturated rings. The molecule has 78 valence electrons. The summed E-state index contributed by atoms with van der Waals surface area (Å²) < 4.78 is 0. The summed E-state index contributed by atoms with van der Waals surface area (Å²) >= 11 is 0. The van der Waals surface area contributed by atoms with Gasteiger partial charge in [-0.05, 0) is 20.3 Å². The number of allylic oxidation sites excluding steroid dienone is 6. The maximum absolute atomic E-state index is 4.03. The van der Waals surface area contributed by atoms with E-state index in [0.717, 1.165) is 12.8 Å². The molecule has 2 rings (SSSR count). The van der Waals surface area contributed by atoms with Gasteiger partial charge in [0.25, 0.3) is 0 Å². The van der Waals surface area contributed by atoms with Gasteiger partial charge in [-0.1, -0.05) is 34.9 Å². The number of nitrogens with zero attached hydrogens (tertiary/aromatic N) is 1. The maximum Gasteiger partial charge on any atom is 0.0921 e. The lowest BCUT2D eigenvalue weighted by Gasteiger charge is -2.06. The first kappa shape index (κ1) is 9.97. The summed E-state index contributed by atoms with van der Waals surface area (Å²) in [6, 6.07) is 0. The highest BCUT2D eigenvalue weighted by molar-refractivity contribution is 5.34. The van der Waals surface area contributed by atoms with Gasteiger partial charge in [-0.25, -0.2) is 4.98 Å². The predicted molar refractivity (Wildman–Crippen MR) is 62.5 cm³/mol. The Bertz CT molecular complexity index is 419. The molecular formula is C13H16N2. The predicted octanol–water partition coefficient (Wildman–Crippen LogP) is 3.17. The molecule has 1 aliphatic rings. The second-order valence-corrected chi connectivity index (χ2v) is 4.08. The lowest BCUT2D eigenvalue weighted by Crippen LogP contribution is -1.92. The Labute approximate surface area is 90.4 Å². The van der Waals surface area contributed by atoms with Crippen LogP contribution in [0.15, 0.2) is 47.5 Å². The standard InChI is InChI=1S/C13H16N2/c1-10-4-3-5-12(6-11(10)2)7-13-8-14-9-15-13/h3-5,8-9H,6-7H2,1-2H3,(H,14,15). The van der Waals surface area contributed by atoms with Crippen LogP contribution < -0.4 is 0 Å². The van der Waals surface area contributed by atoms with Crippen molar-refractivity contribution in [1.29, 1.82) is 0 Å². The summed E-state index contributed by atoms with van der Waals surface area (Å²) in [6.07, 6.45) is 12.2. The molecule has 0 bridgehead atoms. The van der Waals surface area contributed by atoms with Crippen molar-refractivity contribution in [2.75, 3.05) is 0 Å². The van der Waals surface area contributed by atoms with Crippen LogP contribution in [0.4, 0.5) is 0 Å². The molecule has 15 heavy (non-hydrogen) atoms. The van der Waals surface area contributed by atoms with Crippen molar-refractivity contribution in [1.82, 2.24) is 9.97 Å². The molecule has 0 atom stereocenters. The molecule has 1 heterocycles. The number of hydrogen-bond acceptors (Lipinski definition) is 1. The number of aromatic nitrogens is 2. The van der Waals surface area contributed by atoms with Gasteiger partial charge in [0.15, 0.2) is 0 Å². The Hall–Kier alpha value is -1.57. The van der Waals surface area contributed by atoms with Crippen LogP contribution >= 0.6 is 0 Å². The second kappa shape index (κ2) is 4.30. The van der Waals surface area contributed by atoms with Crippen molar-refractivity contribution in [2.45, 2.75) is 26.7 Å². The van der Waals surface area contributed by atoms with E-state index >= 15 is 0 Å². The van der Waals surface area contributed by atoms with Crippen molar-refractivity contribution in [3.8, 4) is 0 Å². The van der Waals surface area contributed by atoms with E-state index in [9.17, 15) is 0 Å². The lowest BCUT2D eigenvalue weighted by atomic mass is 10.0. The van der Waals surface area contributed by atoms with Crippen LogP contribution in [0.2, 0.25) is 0 Å². The Balaban J connectivity index is 2.12. The second-order valence-electron chi connectivity index (χ2n) is 4.08. The third-order valence-corrected chi connectivity index (χ3v) is 2.82. The first-order valence-corrected chi connectivity index (χ1v) is 5.25. The van der Waals surface area contributed by atoms with Gasteiger partial charge in [0.2, 0.25) is 0 Å². The zero-order valence-corrected chi connectivity index (χ0v) is 9.25. The topological polar surface area (TPSA) is 28.7 Å². The number of hydrogen-bond donors (Lipinski definition) is 1. The molecule has 1 aromatic heterocycles. The summed E-state index contributed by atoms with van der Waals surface area (Å²) in [6.45, 7) is 4.37. The molecule has 1 aliphatic carbocycles. The van der Waals surface area contributed by atoms with E-state index in [1.165, 1.54) is 22.4 Å². The lowest BCUT2D eigenvalue weighted by molar-refractivity contribution is 0.982. The zero-order valence-electron chi connectivity index (χ0n) is 9.25. The van der Waals surface area contributed by atoms with Crippen molar-refractivity contribution in [2.24, 2.45) is 0 Å². The van der Waals surface area contributed by atoms with Crippen LogP contribution in [0.3, 0.4) is 0 Å². The van der Waals surface area contributed by atoms with Gasteiger partial charge >= 0.3 is 0 Å². The van der Waals surface area contributed by atoms with Gasteiger partial charge in [0.05, 0.1) is 6.33 Å². The molecule has 1 N–H and O–H groups in total. The highest BCUT2D eigenvalue weighted by atomic mass is 14.9. The minimum absolute atomic E-state index is 0.967. The molecule has 0 unspecified atom stereocenters. The molecule has 1 aromatic rings. The highest BCUT2D eigenvalue weighted by Crippen LogP contribution is 2.21. The SMILES string of the molecule is CC1=C(C)CC(Cc2cnc[nH]2)=CC=C1. The zero-order chi connectivity index (χ0) is 10.7. The van der Waals surface area contributed by atoms with Gasteiger partial charge in [0, 0.05) is 18.3 Å². The van der Waals surface area contributed by atoms with Crippen LogP contribution in [-0.4, -0.2) is 9.97 Å². The van der Waals surface area contributed by atoms with Gasteiger partial charge < -0.3 is 4.98 Å². The van der Waals surface area contributed by atoms with Crippen molar-refractivity contribution < 1.29 is 0 Å². The smallest absolute Gasteiger partial charge is 0.0921 e. The number of nitrogens with one attached hydrogen (secondary N) is 1. The Morgan fingerprint density at radius 2 is 2.27 bits per heavy atom. The van der Waals surface area contributed by atoms with E-state index in [1.807, 2.05) is 6.20 Å². The van der Waals surface area contributed by atoms with E-state index in [1.54, 1.807) is 6.33 Å². The molecule has 0 saturated heterocycles. The maximum atomic E-state index is 4.03. The normalized spacial score (nSPS) is 16.5. The minimum atomic E-state index is 0.967. The van der Waals surface area contributed by atoms with E-state index in [2.05, 4.69) is 42.0 Å². The van der Waals surface area contributed by atoms with E-state index in [0.29, 0.717) is 0 Å². The average Bonchev–Trinajstić information content (AvgIpc) is 2.64. The summed E-state index contributed by atoms with van der Waals surface area (Å²) in [4.78, 5) is 7.17. The van der Waals surface area contributed by atoms with Crippen LogP contribution in [0, 0.1) is 0 Å². The molecular weight excluding hydrogens is 184 g/mol.